The van der Waals surface area contributed by atoms with E-state index in [1.807, 2.05) is 0 Å². The van der Waals surface area contributed by atoms with Gasteiger partial charge < -0.3 is 9.84 Å². The van der Waals surface area contributed by atoms with Crippen molar-refractivity contribution < 1.29 is 22.8 Å². The smallest absolute Gasteiger partial charge is 0.267 e. The van der Waals surface area contributed by atoms with Gasteiger partial charge in [0.2, 0.25) is 0 Å². The minimum atomic E-state index is -4.02. The second-order valence-electron chi connectivity index (χ2n) is 5.48. The Hall–Kier alpha value is -0.290. The quantitative estimate of drug-likeness (QED) is 0.550. The third kappa shape index (κ3) is 5.44. The maximum atomic E-state index is 11.3. The number of nitrogens with zero attached hydrogens (tertiary/aromatic N) is 3. The Balaban J connectivity index is 1.98. The van der Waals surface area contributed by atoms with Crippen molar-refractivity contribution in [2.45, 2.75) is 6.17 Å². The summed E-state index contributed by atoms with van der Waals surface area (Å²) in [6.45, 7) is 6.38. The van der Waals surface area contributed by atoms with Gasteiger partial charge in [-0.05, 0) is 0 Å². The molecule has 0 saturated carbocycles. The molecule has 2 saturated heterocycles. The van der Waals surface area contributed by atoms with E-state index in [4.69, 9.17) is 9.84 Å². The van der Waals surface area contributed by atoms with E-state index in [2.05, 4.69) is 14.7 Å². The number of hydrogen-bond donors (Lipinski definition) is 2. The largest absolute Gasteiger partial charge is 0.395 e. The first-order valence-electron chi connectivity index (χ1n) is 7.34. The number of hydrogen-bond acceptors (Lipinski definition) is 7. The molecule has 2 aliphatic heterocycles. The van der Waals surface area contributed by atoms with Crippen LogP contribution in [0.3, 0.4) is 0 Å². The predicted molar refractivity (Wildman–Crippen MR) is 77.7 cm³/mol. The van der Waals surface area contributed by atoms with E-state index in [9.17, 15) is 13.0 Å². The third-order valence-electron chi connectivity index (χ3n) is 4.07. The summed E-state index contributed by atoms with van der Waals surface area (Å²) < 4.78 is 37.2. The Morgan fingerprint density at radius 2 is 1.57 bits per heavy atom. The van der Waals surface area contributed by atoms with Crippen LogP contribution in [0.5, 0.6) is 0 Å². The van der Waals surface area contributed by atoms with E-state index in [0.717, 1.165) is 26.2 Å². The van der Waals surface area contributed by atoms with Crippen LogP contribution in [-0.4, -0.2) is 110 Å². The number of aliphatic hydroxyl groups excluding tert-OH is 1. The van der Waals surface area contributed by atoms with Crippen molar-refractivity contribution in [2.24, 2.45) is 0 Å². The van der Waals surface area contributed by atoms with Gasteiger partial charge in [-0.3, -0.25) is 19.3 Å². The first-order chi connectivity index (χ1) is 9.99. The summed E-state index contributed by atoms with van der Waals surface area (Å²) in [6, 6.07) is 0. The zero-order chi connectivity index (χ0) is 15.3. The standard InChI is InChI=1S/C12H25N3O5S/c16-8-5-13-1-3-14(4-2-13)12(11-21(17,18)19)15-6-9-20-10-7-15/h12,16H,1-11H2,(H,17,18,19). The average Bonchev–Trinajstić information content (AvgIpc) is 2.46. The van der Waals surface area contributed by atoms with E-state index in [-0.39, 0.29) is 18.5 Å². The summed E-state index contributed by atoms with van der Waals surface area (Å²) in [5.74, 6) is -0.271. The monoisotopic (exact) mass is 323 g/mol. The summed E-state index contributed by atoms with van der Waals surface area (Å²) in [5, 5.41) is 8.96. The Morgan fingerprint density at radius 1 is 1.00 bits per heavy atom. The molecule has 21 heavy (non-hydrogen) atoms. The zero-order valence-electron chi connectivity index (χ0n) is 12.2. The Bertz CT molecular complexity index is 405. The molecule has 2 aliphatic rings. The highest BCUT2D eigenvalue weighted by molar-refractivity contribution is 7.85. The molecular weight excluding hydrogens is 298 g/mol. The van der Waals surface area contributed by atoms with Crippen molar-refractivity contribution in [1.29, 1.82) is 0 Å². The van der Waals surface area contributed by atoms with Gasteiger partial charge in [0.25, 0.3) is 10.1 Å². The highest BCUT2D eigenvalue weighted by atomic mass is 32.2. The van der Waals surface area contributed by atoms with Crippen LogP contribution in [0.2, 0.25) is 0 Å². The fourth-order valence-electron chi connectivity index (χ4n) is 2.93. The average molecular weight is 323 g/mol. The molecule has 9 heteroatoms. The second kappa shape index (κ2) is 7.82. The molecule has 1 atom stereocenters. The molecule has 0 amide bonds. The zero-order valence-corrected chi connectivity index (χ0v) is 13.0. The van der Waals surface area contributed by atoms with Crippen molar-refractivity contribution >= 4 is 10.1 Å². The summed E-state index contributed by atoms with van der Waals surface area (Å²) in [7, 11) is -4.02. The van der Waals surface area contributed by atoms with Crippen molar-refractivity contribution in [3.63, 3.8) is 0 Å². The third-order valence-corrected chi connectivity index (χ3v) is 4.79. The molecule has 0 aromatic heterocycles. The molecule has 0 aliphatic carbocycles. The Labute approximate surface area is 126 Å². The maximum absolute atomic E-state index is 11.3. The molecule has 2 rings (SSSR count). The topological polar surface area (TPSA) is 93.5 Å². The fraction of sp³-hybridized carbons (Fsp3) is 1.00. The van der Waals surface area contributed by atoms with Crippen molar-refractivity contribution in [2.75, 3.05) is 71.4 Å². The van der Waals surface area contributed by atoms with Gasteiger partial charge >= 0.3 is 0 Å². The molecule has 0 radical (unpaired) electrons. The van der Waals surface area contributed by atoms with Crippen LogP contribution < -0.4 is 0 Å². The molecule has 0 spiro atoms. The minimum Gasteiger partial charge on any atom is -0.395 e. The highest BCUT2D eigenvalue weighted by Crippen LogP contribution is 2.14. The van der Waals surface area contributed by atoms with E-state index in [1.165, 1.54) is 0 Å². The van der Waals surface area contributed by atoms with Gasteiger partial charge in [0.1, 0.15) is 5.75 Å². The summed E-state index contributed by atoms with van der Waals surface area (Å²) in [5.41, 5.74) is 0. The van der Waals surface area contributed by atoms with Gasteiger partial charge in [0.15, 0.2) is 0 Å². The van der Waals surface area contributed by atoms with Crippen LogP contribution in [0.1, 0.15) is 0 Å². The van der Waals surface area contributed by atoms with Gasteiger partial charge in [-0.25, -0.2) is 0 Å². The molecule has 8 nitrogen and oxygen atoms in total. The van der Waals surface area contributed by atoms with Gasteiger partial charge in [0.05, 0.1) is 26.0 Å². The van der Waals surface area contributed by atoms with E-state index in [1.54, 1.807) is 0 Å². The Kier molecular flexibility index (Phi) is 6.35. The molecule has 2 N–H and O–H groups in total. The number of ether oxygens (including phenoxy) is 1. The summed E-state index contributed by atoms with van der Waals surface area (Å²) >= 11 is 0. The number of morpholine rings is 1. The lowest BCUT2D eigenvalue weighted by Gasteiger charge is -2.44. The van der Waals surface area contributed by atoms with Crippen molar-refractivity contribution in [3.8, 4) is 0 Å². The summed E-state index contributed by atoms with van der Waals surface area (Å²) in [6.07, 6.45) is -0.305. The van der Waals surface area contributed by atoms with E-state index < -0.39 is 10.1 Å². The normalized spacial score (nSPS) is 25.0. The van der Waals surface area contributed by atoms with Gasteiger partial charge in [-0.2, -0.15) is 8.42 Å². The number of β-amino-alcohol motifs (C(OH)–C–C–N with tert-alkyl or cyclic N) is 1. The van der Waals surface area contributed by atoms with Crippen LogP contribution in [0, 0.1) is 0 Å². The maximum Gasteiger partial charge on any atom is 0.267 e. The highest BCUT2D eigenvalue weighted by Gasteiger charge is 2.32. The van der Waals surface area contributed by atoms with Crippen molar-refractivity contribution in [3.05, 3.63) is 0 Å². The van der Waals surface area contributed by atoms with Gasteiger partial charge in [0, 0.05) is 45.8 Å². The molecule has 0 aromatic rings. The lowest BCUT2D eigenvalue weighted by molar-refractivity contribution is -0.0392. The summed E-state index contributed by atoms with van der Waals surface area (Å²) in [4.78, 5) is 6.33. The lowest BCUT2D eigenvalue weighted by atomic mass is 10.2. The molecular formula is C12H25N3O5S. The number of piperazine rings is 1. The number of rotatable bonds is 6. The first-order valence-corrected chi connectivity index (χ1v) is 8.95. The second-order valence-corrected chi connectivity index (χ2v) is 6.98. The van der Waals surface area contributed by atoms with Gasteiger partial charge in [-0.15, -0.1) is 0 Å². The fourth-order valence-corrected chi connectivity index (χ4v) is 3.73. The molecule has 2 heterocycles. The van der Waals surface area contributed by atoms with Crippen LogP contribution >= 0.6 is 0 Å². The molecule has 2 fully saturated rings. The minimum absolute atomic E-state index is 0.137. The Morgan fingerprint density at radius 3 is 2.10 bits per heavy atom. The van der Waals surface area contributed by atoms with E-state index >= 15 is 0 Å². The van der Waals surface area contributed by atoms with Gasteiger partial charge in [-0.1, -0.05) is 0 Å². The lowest BCUT2D eigenvalue weighted by Crippen LogP contribution is -2.60. The molecule has 0 bridgehead atoms. The van der Waals surface area contributed by atoms with Crippen LogP contribution in [0.4, 0.5) is 0 Å². The van der Waals surface area contributed by atoms with Crippen LogP contribution in [-0.2, 0) is 14.9 Å². The van der Waals surface area contributed by atoms with Crippen LogP contribution in [0.15, 0.2) is 0 Å². The number of aliphatic hydroxyl groups is 1. The van der Waals surface area contributed by atoms with Crippen LogP contribution in [0.25, 0.3) is 0 Å². The van der Waals surface area contributed by atoms with Crippen molar-refractivity contribution in [1.82, 2.24) is 14.7 Å². The molecule has 1 unspecified atom stereocenters. The van der Waals surface area contributed by atoms with E-state index in [0.29, 0.717) is 32.8 Å². The first kappa shape index (κ1) is 17.1. The SMILES string of the molecule is O=S(=O)(O)CC(N1CCOCC1)N1CCN(CCO)CC1. The molecule has 0 aromatic carbocycles. The molecule has 124 valence electrons. The predicted octanol–water partition coefficient (Wildman–Crippen LogP) is -1.86.